The zero-order chi connectivity index (χ0) is 23.8. The largest absolute Gasteiger partial charge is 0.361 e. The molecule has 4 heterocycles. The van der Waals surface area contributed by atoms with E-state index in [4.69, 9.17) is 9.47 Å². The van der Waals surface area contributed by atoms with Crippen molar-refractivity contribution in [2.24, 2.45) is 11.8 Å². The van der Waals surface area contributed by atoms with Crippen molar-refractivity contribution in [3.8, 4) is 0 Å². The maximum Gasteiger partial charge on any atom is 0.256 e. The lowest BCUT2D eigenvalue weighted by Gasteiger charge is -2.35. The molecule has 2 atom stereocenters. The number of piperidine rings is 1. The summed E-state index contributed by atoms with van der Waals surface area (Å²) in [5, 5.41) is 1.05. The van der Waals surface area contributed by atoms with Crippen molar-refractivity contribution in [2.75, 3.05) is 45.9 Å². The van der Waals surface area contributed by atoms with Crippen LogP contribution in [-0.2, 0) is 9.47 Å². The van der Waals surface area contributed by atoms with Crippen LogP contribution in [-0.4, -0.2) is 72.9 Å². The summed E-state index contributed by atoms with van der Waals surface area (Å²) < 4.78 is 25.1. The van der Waals surface area contributed by atoms with Gasteiger partial charge in [0.05, 0.1) is 24.3 Å². The number of para-hydroxylation sites is 1. The van der Waals surface area contributed by atoms with Crippen molar-refractivity contribution < 1.29 is 18.7 Å². The number of H-pyrrole nitrogens is 1. The molecule has 3 saturated heterocycles. The van der Waals surface area contributed by atoms with Crippen LogP contribution in [0.4, 0.5) is 4.39 Å². The molecule has 3 aliphatic rings. The number of aromatic nitrogens is 1. The van der Waals surface area contributed by atoms with Crippen molar-refractivity contribution in [2.45, 2.75) is 25.0 Å². The van der Waals surface area contributed by atoms with Crippen LogP contribution in [0.1, 0.15) is 34.7 Å². The minimum Gasteiger partial charge on any atom is -0.361 e. The molecule has 1 amide bonds. The van der Waals surface area contributed by atoms with E-state index in [1.54, 1.807) is 12.1 Å². The lowest BCUT2D eigenvalue weighted by molar-refractivity contribution is -0.0924. The Morgan fingerprint density at radius 3 is 2.54 bits per heavy atom. The van der Waals surface area contributed by atoms with Crippen LogP contribution < -0.4 is 0 Å². The normalized spacial score (nSPS) is 24.5. The van der Waals surface area contributed by atoms with E-state index in [-0.39, 0.29) is 23.9 Å². The number of likely N-dealkylation sites (tertiary alicyclic amines) is 2. The third-order valence-corrected chi connectivity index (χ3v) is 8.02. The number of aromatic amines is 1. The van der Waals surface area contributed by atoms with E-state index in [9.17, 15) is 9.18 Å². The fraction of sp³-hybridized carbons (Fsp3) is 0.464. The first-order chi connectivity index (χ1) is 17.2. The number of amides is 1. The Morgan fingerprint density at radius 2 is 1.77 bits per heavy atom. The average molecular weight is 478 g/mol. The van der Waals surface area contributed by atoms with Crippen molar-refractivity contribution in [3.63, 3.8) is 0 Å². The fourth-order valence-corrected chi connectivity index (χ4v) is 6.14. The number of carbonyl (C=O) groups is 1. The minimum absolute atomic E-state index is 0.0681. The molecule has 1 N–H and O–H groups in total. The summed E-state index contributed by atoms with van der Waals surface area (Å²) in [7, 11) is 0. The highest BCUT2D eigenvalue weighted by Crippen LogP contribution is 2.35. The van der Waals surface area contributed by atoms with Crippen LogP contribution in [0.3, 0.4) is 0 Å². The van der Waals surface area contributed by atoms with Gasteiger partial charge in [-0.15, -0.1) is 0 Å². The summed E-state index contributed by atoms with van der Waals surface area (Å²) in [5.74, 6) is 0.832. The molecule has 6 nitrogen and oxygen atoms in total. The number of halogens is 1. The monoisotopic (exact) mass is 477 g/mol. The van der Waals surface area contributed by atoms with E-state index in [0.717, 1.165) is 48.9 Å². The molecule has 1 aromatic heterocycles. The van der Waals surface area contributed by atoms with Gasteiger partial charge in [0.25, 0.3) is 5.91 Å². The molecule has 0 bridgehead atoms. The molecule has 0 saturated carbocycles. The Kier molecular flexibility index (Phi) is 6.31. The molecule has 3 fully saturated rings. The smallest absolute Gasteiger partial charge is 0.256 e. The number of hydrogen-bond acceptors (Lipinski definition) is 4. The molecule has 0 radical (unpaired) electrons. The van der Waals surface area contributed by atoms with Crippen molar-refractivity contribution in [1.29, 1.82) is 0 Å². The maximum atomic E-state index is 13.6. The number of ether oxygens (including phenoxy) is 2. The lowest BCUT2D eigenvalue weighted by atomic mass is 9.88. The van der Waals surface area contributed by atoms with Crippen LogP contribution in [0.15, 0.2) is 54.7 Å². The summed E-state index contributed by atoms with van der Waals surface area (Å²) in [6.45, 7) is 5.54. The van der Waals surface area contributed by atoms with Gasteiger partial charge in [-0.3, -0.25) is 4.79 Å². The molecule has 0 spiro atoms. The first kappa shape index (κ1) is 22.7. The van der Waals surface area contributed by atoms with Gasteiger partial charge in [-0.25, -0.2) is 4.39 Å². The van der Waals surface area contributed by atoms with E-state index < -0.39 is 0 Å². The van der Waals surface area contributed by atoms with Crippen molar-refractivity contribution in [1.82, 2.24) is 14.8 Å². The number of nitrogens with zero attached hydrogens (tertiary/aromatic N) is 2. The van der Waals surface area contributed by atoms with E-state index in [2.05, 4.69) is 9.88 Å². The maximum absolute atomic E-state index is 13.6. The molecule has 3 aromatic rings. The van der Waals surface area contributed by atoms with Crippen LogP contribution in [0, 0.1) is 17.7 Å². The highest BCUT2D eigenvalue weighted by atomic mass is 19.1. The molecule has 2 aromatic carbocycles. The SMILES string of the molecule is O=C(c1cccc2cc[nH]c12)N1CC(CN2CCC(c3ccc(F)cc3)CC2)C(C2OCCO2)C1. The highest BCUT2D eigenvalue weighted by Gasteiger charge is 2.43. The molecule has 7 heteroatoms. The zero-order valence-corrected chi connectivity index (χ0v) is 19.9. The first-order valence-corrected chi connectivity index (χ1v) is 12.7. The van der Waals surface area contributed by atoms with Crippen LogP contribution in [0.2, 0.25) is 0 Å². The van der Waals surface area contributed by atoms with Gasteiger partial charge >= 0.3 is 0 Å². The summed E-state index contributed by atoms with van der Waals surface area (Å²) in [4.78, 5) is 21.3. The third-order valence-electron chi connectivity index (χ3n) is 8.02. The van der Waals surface area contributed by atoms with Gasteiger partial charge in [0.1, 0.15) is 5.82 Å². The summed E-state index contributed by atoms with van der Waals surface area (Å²) in [5.41, 5.74) is 2.85. The van der Waals surface area contributed by atoms with Gasteiger partial charge in [0.15, 0.2) is 6.29 Å². The number of hydrogen-bond donors (Lipinski definition) is 1. The molecule has 0 aliphatic carbocycles. The number of nitrogens with one attached hydrogen (secondary N) is 1. The molecular formula is C28H32FN3O3. The summed E-state index contributed by atoms with van der Waals surface area (Å²) in [6, 6.07) is 14.8. The van der Waals surface area contributed by atoms with Gasteiger partial charge in [-0.1, -0.05) is 24.3 Å². The predicted molar refractivity (Wildman–Crippen MR) is 132 cm³/mol. The van der Waals surface area contributed by atoms with Crippen molar-refractivity contribution in [3.05, 3.63) is 71.7 Å². The zero-order valence-electron chi connectivity index (χ0n) is 19.9. The Balaban J connectivity index is 1.14. The second kappa shape index (κ2) is 9.72. The number of fused-ring (bicyclic) bond motifs is 1. The Labute approximate surface area is 205 Å². The average Bonchev–Trinajstić information content (AvgIpc) is 3.65. The minimum atomic E-state index is -0.240. The van der Waals surface area contributed by atoms with Gasteiger partial charge < -0.3 is 24.3 Å². The molecular weight excluding hydrogens is 445 g/mol. The lowest BCUT2D eigenvalue weighted by Crippen LogP contribution is -2.40. The predicted octanol–water partition coefficient (Wildman–Crippen LogP) is 4.25. The Hall–Kier alpha value is -2.74. The molecule has 3 aliphatic heterocycles. The van der Waals surface area contributed by atoms with Gasteiger partial charge in [0, 0.05) is 37.1 Å². The second-order valence-electron chi connectivity index (χ2n) is 10.1. The van der Waals surface area contributed by atoms with E-state index in [0.29, 0.717) is 38.1 Å². The standard InChI is InChI=1S/C28H32FN3O3/c29-23-6-4-19(5-7-23)20-9-12-31(13-10-20)16-22-17-32(18-25(22)28-34-14-15-35-28)27(33)24-3-1-2-21-8-11-30-26(21)24/h1-8,11,20,22,25,28,30H,9-10,12-18H2. The Bertz CT molecular complexity index is 1170. The quantitative estimate of drug-likeness (QED) is 0.597. The van der Waals surface area contributed by atoms with Crippen LogP contribution >= 0.6 is 0 Å². The number of carbonyl (C=O) groups excluding carboxylic acids is 1. The molecule has 184 valence electrons. The van der Waals surface area contributed by atoms with Gasteiger partial charge in [-0.2, -0.15) is 0 Å². The Morgan fingerprint density at radius 1 is 1.00 bits per heavy atom. The van der Waals surface area contributed by atoms with Crippen LogP contribution in [0.25, 0.3) is 10.9 Å². The first-order valence-electron chi connectivity index (χ1n) is 12.7. The number of rotatable bonds is 5. The van der Waals surface area contributed by atoms with E-state index >= 15 is 0 Å². The van der Waals surface area contributed by atoms with Crippen LogP contribution in [0.5, 0.6) is 0 Å². The molecule has 35 heavy (non-hydrogen) atoms. The fourth-order valence-electron chi connectivity index (χ4n) is 6.14. The number of benzene rings is 2. The van der Waals surface area contributed by atoms with Crippen molar-refractivity contribution >= 4 is 16.8 Å². The van der Waals surface area contributed by atoms with E-state index in [1.165, 1.54) is 5.56 Å². The molecule has 6 rings (SSSR count). The summed E-state index contributed by atoms with van der Waals surface area (Å²) >= 11 is 0. The third kappa shape index (κ3) is 4.60. The molecule has 2 unspecified atom stereocenters. The van der Waals surface area contributed by atoms with Gasteiger partial charge in [-0.05, 0) is 67.6 Å². The van der Waals surface area contributed by atoms with E-state index in [1.807, 2.05) is 47.5 Å². The summed E-state index contributed by atoms with van der Waals surface area (Å²) in [6.07, 6.45) is 3.77. The second-order valence-corrected chi connectivity index (χ2v) is 10.1. The van der Waals surface area contributed by atoms with Gasteiger partial charge in [0.2, 0.25) is 0 Å². The topological polar surface area (TPSA) is 57.8 Å². The highest BCUT2D eigenvalue weighted by molar-refractivity contribution is 6.05.